The number of hydrogen-bond donors (Lipinski definition) is 1. The van der Waals surface area contributed by atoms with E-state index >= 15 is 0 Å². The Morgan fingerprint density at radius 1 is 1.13 bits per heavy atom. The molecule has 0 atom stereocenters. The molecule has 0 spiro atoms. The average Bonchev–Trinajstić information content (AvgIpc) is 3.16. The predicted octanol–water partition coefficient (Wildman–Crippen LogP) is 3.89. The van der Waals surface area contributed by atoms with Crippen molar-refractivity contribution in [3.63, 3.8) is 0 Å². The largest absolute Gasteiger partial charge is 0.478 e. The Labute approximate surface area is 183 Å². The van der Waals surface area contributed by atoms with Crippen molar-refractivity contribution in [1.82, 2.24) is 9.78 Å². The zero-order valence-corrected chi connectivity index (χ0v) is 18.3. The first-order chi connectivity index (χ1) is 14.5. The molecule has 1 aromatic heterocycles. The number of halogens is 2. The molecule has 0 aliphatic carbocycles. The van der Waals surface area contributed by atoms with Gasteiger partial charge in [-0.3, -0.25) is 4.79 Å². The summed E-state index contributed by atoms with van der Waals surface area (Å²) in [6, 6.07) is 12.1. The fourth-order valence-corrected chi connectivity index (χ4v) is 4.86. The Morgan fingerprint density at radius 3 is 2.42 bits per heavy atom. The van der Waals surface area contributed by atoms with Crippen LogP contribution in [0.5, 0.6) is 5.75 Å². The Balaban J connectivity index is 1.67. The van der Waals surface area contributed by atoms with Gasteiger partial charge in [0.2, 0.25) is 0 Å². The van der Waals surface area contributed by atoms with Gasteiger partial charge in [0, 0.05) is 10.6 Å². The summed E-state index contributed by atoms with van der Waals surface area (Å²) in [6.07, 6.45) is 0. The summed E-state index contributed by atoms with van der Waals surface area (Å²) in [5.41, 5.74) is -0.0354. The van der Waals surface area contributed by atoms with Crippen LogP contribution in [-0.2, 0) is 26.1 Å². The molecule has 10 heteroatoms. The molecular formula is C21H19ClFN3O4S. The number of benzene rings is 2. The summed E-state index contributed by atoms with van der Waals surface area (Å²) in [5, 5.41) is 7.66. The van der Waals surface area contributed by atoms with Gasteiger partial charge in [0.15, 0.2) is 15.4 Å². The van der Waals surface area contributed by atoms with Crippen LogP contribution in [0.15, 0.2) is 48.5 Å². The fourth-order valence-electron chi connectivity index (χ4n) is 3.24. The second kappa shape index (κ2) is 7.65. The normalized spacial score (nSPS) is 14.8. The van der Waals surface area contributed by atoms with Crippen LogP contribution in [0.3, 0.4) is 0 Å². The number of sulfone groups is 1. The van der Waals surface area contributed by atoms with Gasteiger partial charge in [-0.1, -0.05) is 11.6 Å². The summed E-state index contributed by atoms with van der Waals surface area (Å²) in [4.78, 5) is 13.1. The lowest BCUT2D eigenvalue weighted by molar-refractivity contribution is -0.128. The summed E-state index contributed by atoms with van der Waals surface area (Å²) < 4.78 is 44.8. The van der Waals surface area contributed by atoms with E-state index in [1.165, 1.54) is 28.9 Å². The van der Waals surface area contributed by atoms with Crippen LogP contribution < -0.4 is 10.1 Å². The first kappa shape index (κ1) is 21.3. The van der Waals surface area contributed by atoms with Gasteiger partial charge >= 0.3 is 0 Å². The molecule has 1 aliphatic heterocycles. The molecular weight excluding hydrogens is 445 g/mol. The lowest BCUT2D eigenvalue weighted by Crippen LogP contribution is -2.43. The average molecular weight is 464 g/mol. The highest BCUT2D eigenvalue weighted by Crippen LogP contribution is 2.33. The van der Waals surface area contributed by atoms with Gasteiger partial charge in [-0.25, -0.2) is 17.5 Å². The van der Waals surface area contributed by atoms with E-state index in [2.05, 4.69) is 10.4 Å². The van der Waals surface area contributed by atoms with E-state index in [0.717, 1.165) is 0 Å². The number of carbonyl (C=O) groups excluding carboxylic acids is 1. The molecule has 4 rings (SSSR count). The molecule has 0 radical (unpaired) electrons. The van der Waals surface area contributed by atoms with Crippen molar-refractivity contribution in [2.75, 3.05) is 5.32 Å². The number of anilines is 1. The van der Waals surface area contributed by atoms with E-state index in [4.69, 9.17) is 16.3 Å². The summed E-state index contributed by atoms with van der Waals surface area (Å²) >= 11 is 5.89. The molecule has 0 bridgehead atoms. The monoisotopic (exact) mass is 463 g/mol. The third kappa shape index (κ3) is 4.42. The smallest absolute Gasteiger partial charge is 0.269 e. The molecule has 0 unspecified atom stereocenters. The number of carbonyl (C=O) groups is 1. The highest BCUT2D eigenvalue weighted by molar-refractivity contribution is 7.90. The number of nitrogens with one attached hydrogen (secondary N) is 1. The number of amides is 1. The van der Waals surface area contributed by atoms with Crippen molar-refractivity contribution in [1.29, 1.82) is 0 Å². The molecule has 2 aromatic carbocycles. The molecule has 0 fully saturated rings. The van der Waals surface area contributed by atoms with E-state index in [1.807, 2.05) is 0 Å². The van der Waals surface area contributed by atoms with Crippen LogP contribution in [0.2, 0.25) is 5.02 Å². The zero-order valence-electron chi connectivity index (χ0n) is 16.7. The number of rotatable bonds is 5. The van der Waals surface area contributed by atoms with Crippen molar-refractivity contribution < 1.29 is 22.3 Å². The third-order valence-corrected chi connectivity index (χ3v) is 6.52. The second-order valence-corrected chi connectivity index (χ2v) is 10.2. The molecule has 162 valence electrons. The molecule has 0 saturated heterocycles. The van der Waals surface area contributed by atoms with Gasteiger partial charge in [0.05, 0.1) is 22.9 Å². The summed E-state index contributed by atoms with van der Waals surface area (Å²) in [6.45, 7) is 3.18. The minimum absolute atomic E-state index is 0.218. The van der Waals surface area contributed by atoms with Gasteiger partial charge in [0.25, 0.3) is 5.91 Å². The molecule has 0 saturated carbocycles. The number of nitrogens with zero attached hydrogens (tertiary/aromatic N) is 2. The molecule has 1 aliphatic rings. The maximum Gasteiger partial charge on any atom is 0.269 e. The number of aromatic nitrogens is 2. The van der Waals surface area contributed by atoms with Crippen LogP contribution in [0.25, 0.3) is 5.69 Å². The zero-order chi connectivity index (χ0) is 22.4. The second-order valence-electron chi connectivity index (χ2n) is 7.71. The van der Waals surface area contributed by atoms with Crippen molar-refractivity contribution >= 4 is 33.2 Å². The van der Waals surface area contributed by atoms with E-state index in [0.29, 0.717) is 27.7 Å². The standard InChI is InChI=1S/C21H19ClFN3O4S/c1-21(2,30-16-9-3-13(22)4-10-16)20(27)24-19-17-11-31(28,29)12-18(17)25-26(19)15-7-5-14(23)6-8-15/h3-10H,11-12H2,1-2H3,(H,24,27). The first-order valence-electron chi connectivity index (χ1n) is 9.37. The molecule has 1 N–H and O–H groups in total. The van der Waals surface area contributed by atoms with E-state index in [-0.39, 0.29) is 17.3 Å². The van der Waals surface area contributed by atoms with E-state index in [9.17, 15) is 17.6 Å². The number of ether oxygens (including phenoxy) is 1. The minimum Gasteiger partial charge on any atom is -0.478 e. The van der Waals surface area contributed by atoms with Crippen LogP contribution in [0.1, 0.15) is 25.1 Å². The molecule has 7 nitrogen and oxygen atoms in total. The Kier molecular flexibility index (Phi) is 5.26. The van der Waals surface area contributed by atoms with Crippen LogP contribution >= 0.6 is 11.6 Å². The van der Waals surface area contributed by atoms with Crippen molar-refractivity contribution in [3.05, 3.63) is 70.6 Å². The number of fused-ring (bicyclic) bond motifs is 1. The van der Waals surface area contributed by atoms with Gasteiger partial charge < -0.3 is 10.1 Å². The van der Waals surface area contributed by atoms with Crippen LogP contribution in [-0.4, -0.2) is 29.7 Å². The highest BCUT2D eigenvalue weighted by atomic mass is 35.5. The Hall–Kier alpha value is -2.91. The minimum atomic E-state index is -3.35. The van der Waals surface area contributed by atoms with Gasteiger partial charge in [-0.05, 0) is 62.4 Å². The SMILES string of the molecule is CC(C)(Oc1ccc(Cl)cc1)C(=O)Nc1c2c(nn1-c1ccc(F)cc1)CS(=O)(=O)C2. The quantitative estimate of drug-likeness (QED) is 0.620. The maximum atomic E-state index is 13.4. The topological polar surface area (TPSA) is 90.3 Å². The highest BCUT2D eigenvalue weighted by Gasteiger charge is 2.36. The predicted molar refractivity (Wildman–Crippen MR) is 115 cm³/mol. The lowest BCUT2D eigenvalue weighted by Gasteiger charge is -2.25. The van der Waals surface area contributed by atoms with Crippen LogP contribution in [0, 0.1) is 5.82 Å². The molecule has 1 amide bonds. The molecule has 3 aromatic rings. The van der Waals surface area contributed by atoms with Gasteiger partial charge in [0.1, 0.15) is 17.4 Å². The van der Waals surface area contributed by atoms with E-state index in [1.54, 1.807) is 38.1 Å². The Morgan fingerprint density at radius 2 is 1.77 bits per heavy atom. The molecule has 31 heavy (non-hydrogen) atoms. The van der Waals surface area contributed by atoms with Gasteiger partial charge in [-0.15, -0.1) is 0 Å². The van der Waals surface area contributed by atoms with Crippen molar-refractivity contribution in [2.24, 2.45) is 0 Å². The molecule has 2 heterocycles. The van der Waals surface area contributed by atoms with Crippen LogP contribution in [0.4, 0.5) is 10.2 Å². The van der Waals surface area contributed by atoms with Gasteiger partial charge in [-0.2, -0.15) is 5.10 Å². The van der Waals surface area contributed by atoms with E-state index < -0.39 is 27.2 Å². The van der Waals surface area contributed by atoms with Crippen molar-refractivity contribution in [2.45, 2.75) is 31.0 Å². The first-order valence-corrected chi connectivity index (χ1v) is 11.6. The Bertz CT molecular complexity index is 1250. The maximum absolute atomic E-state index is 13.4. The summed E-state index contributed by atoms with van der Waals surface area (Å²) in [7, 11) is -3.35. The lowest BCUT2D eigenvalue weighted by atomic mass is 10.1. The fraction of sp³-hybridized carbons (Fsp3) is 0.238. The number of hydrogen-bond acceptors (Lipinski definition) is 5. The van der Waals surface area contributed by atoms with Crippen molar-refractivity contribution in [3.8, 4) is 11.4 Å². The third-order valence-electron chi connectivity index (χ3n) is 4.82. The summed E-state index contributed by atoms with van der Waals surface area (Å²) in [5.74, 6) is -0.710.